The van der Waals surface area contributed by atoms with E-state index in [1.807, 2.05) is 19.1 Å². The molecule has 108 valence electrons. The van der Waals surface area contributed by atoms with Gasteiger partial charge in [0.15, 0.2) is 0 Å². The molecule has 0 fully saturated rings. The zero-order chi connectivity index (χ0) is 15.1. The number of hydrogen-bond acceptors (Lipinski definition) is 2. The number of nitrogens with one attached hydrogen (secondary N) is 1. The van der Waals surface area contributed by atoms with Crippen LogP contribution in [0.1, 0.15) is 43.1 Å². The minimum absolute atomic E-state index is 0.0759. The molecule has 0 aromatic heterocycles. The quantitative estimate of drug-likeness (QED) is 0.809. The smallest absolute Gasteiger partial charge is 0.251 e. The van der Waals surface area contributed by atoms with Crippen LogP contribution < -0.4 is 10.1 Å². The van der Waals surface area contributed by atoms with Crippen molar-refractivity contribution >= 4 is 5.91 Å². The van der Waals surface area contributed by atoms with Gasteiger partial charge in [-0.2, -0.15) is 0 Å². The molecule has 0 aliphatic heterocycles. The first-order valence-corrected chi connectivity index (χ1v) is 6.90. The molecule has 20 heavy (non-hydrogen) atoms. The number of carbonyl (C=O) groups is 1. The minimum Gasteiger partial charge on any atom is -0.496 e. The summed E-state index contributed by atoms with van der Waals surface area (Å²) < 4.78 is 5.34. The number of aryl methyl sites for hydroxylation is 1. The standard InChI is InChI=1S/C17H23NO2/c1-6-7-8-14-9-10-15(11-16(14)20-5)17(19)18-13(4)12(2)3/h1,9-13H,7-8H2,2-5H3,(H,18,19). The maximum atomic E-state index is 12.2. The van der Waals surface area contributed by atoms with Crippen LogP contribution in [0, 0.1) is 18.3 Å². The Morgan fingerprint density at radius 3 is 2.65 bits per heavy atom. The molecular formula is C17H23NO2. The number of hydrogen-bond donors (Lipinski definition) is 1. The van der Waals surface area contributed by atoms with Crippen LogP contribution in [-0.2, 0) is 6.42 Å². The van der Waals surface area contributed by atoms with E-state index in [4.69, 9.17) is 11.2 Å². The number of terminal acetylenes is 1. The normalized spacial score (nSPS) is 11.8. The summed E-state index contributed by atoms with van der Waals surface area (Å²) in [7, 11) is 1.60. The molecule has 1 N–H and O–H groups in total. The second-order valence-electron chi connectivity index (χ2n) is 5.24. The van der Waals surface area contributed by atoms with Gasteiger partial charge >= 0.3 is 0 Å². The molecule has 1 amide bonds. The van der Waals surface area contributed by atoms with Gasteiger partial charge in [-0.25, -0.2) is 0 Å². The van der Waals surface area contributed by atoms with E-state index in [0.717, 1.165) is 12.0 Å². The van der Waals surface area contributed by atoms with Crippen LogP contribution in [0.5, 0.6) is 5.75 Å². The molecule has 0 heterocycles. The Bertz CT molecular complexity index is 500. The van der Waals surface area contributed by atoms with Crippen LogP contribution in [0.2, 0.25) is 0 Å². The van der Waals surface area contributed by atoms with Gasteiger partial charge in [0.2, 0.25) is 0 Å². The van der Waals surface area contributed by atoms with Crippen LogP contribution in [0.25, 0.3) is 0 Å². The molecule has 1 unspecified atom stereocenters. The lowest BCUT2D eigenvalue weighted by molar-refractivity contribution is 0.0930. The first-order chi connectivity index (χ1) is 9.49. The second kappa shape index (κ2) is 7.59. The maximum absolute atomic E-state index is 12.2. The van der Waals surface area contributed by atoms with Gasteiger partial charge in [-0.15, -0.1) is 12.3 Å². The fraction of sp³-hybridized carbons (Fsp3) is 0.471. The molecule has 0 saturated carbocycles. The summed E-state index contributed by atoms with van der Waals surface area (Å²) in [4.78, 5) is 12.2. The fourth-order valence-electron chi connectivity index (χ4n) is 1.76. The number of rotatable bonds is 6. The van der Waals surface area contributed by atoms with Crippen molar-refractivity contribution in [3.05, 3.63) is 29.3 Å². The van der Waals surface area contributed by atoms with Crippen molar-refractivity contribution in [2.24, 2.45) is 5.92 Å². The van der Waals surface area contributed by atoms with E-state index < -0.39 is 0 Å². The van der Waals surface area contributed by atoms with E-state index in [1.165, 1.54) is 0 Å². The molecule has 0 bridgehead atoms. The molecular weight excluding hydrogens is 250 g/mol. The lowest BCUT2D eigenvalue weighted by Crippen LogP contribution is -2.36. The van der Waals surface area contributed by atoms with Crippen molar-refractivity contribution in [1.82, 2.24) is 5.32 Å². The average molecular weight is 273 g/mol. The van der Waals surface area contributed by atoms with E-state index in [9.17, 15) is 4.79 Å². The third-order valence-corrected chi connectivity index (χ3v) is 3.45. The van der Waals surface area contributed by atoms with Gasteiger partial charge in [0.25, 0.3) is 5.91 Å². The van der Waals surface area contributed by atoms with E-state index in [2.05, 4.69) is 25.1 Å². The minimum atomic E-state index is -0.0759. The Hall–Kier alpha value is -1.95. The average Bonchev–Trinajstić information content (AvgIpc) is 2.44. The van der Waals surface area contributed by atoms with Gasteiger partial charge in [-0.3, -0.25) is 4.79 Å². The highest BCUT2D eigenvalue weighted by Gasteiger charge is 2.14. The van der Waals surface area contributed by atoms with Gasteiger partial charge in [0.05, 0.1) is 7.11 Å². The molecule has 0 aliphatic carbocycles. The lowest BCUT2D eigenvalue weighted by Gasteiger charge is -2.18. The van der Waals surface area contributed by atoms with Crippen molar-refractivity contribution in [2.75, 3.05) is 7.11 Å². The summed E-state index contributed by atoms with van der Waals surface area (Å²) >= 11 is 0. The Balaban J connectivity index is 2.87. The molecule has 0 aliphatic rings. The van der Waals surface area contributed by atoms with Crippen LogP contribution in [0.4, 0.5) is 0 Å². The topological polar surface area (TPSA) is 38.3 Å². The van der Waals surface area contributed by atoms with E-state index in [-0.39, 0.29) is 11.9 Å². The highest BCUT2D eigenvalue weighted by atomic mass is 16.5. The van der Waals surface area contributed by atoms with E-state index in [1.54, 1.807) is 13.2 Å². The summed E-state index contributed by atoms with van der Waals surface area (Å²) in [5, 5.41) is 2.98. The maximum Gasteiger partial charge on any atom is 0.251 e. The molecule has 1 atom stereocenters. The Morgan fingerprint density at radius 1 is 1.40 bits per heavy atom. The first kappa shape index (κ1) is 16.1. The molecule has 0 spiro atoms. The van der Waals surface area contributed by atoms with Gasteiger partial charge in [0.1, 0.15) is 5.75 Å². The monoisotopic (exact) mass is 273 g/mol. The molecule has 3 nitrogen and oxygen atoms in total. The van der Waals surface area contributed by atoms with E-state index >= 15 is 0 Å². The highest BCUT2D eigenvalue weighted by Crippen LogP contribution is 2.21. The van der Waals surface area contributed by atoms with Crippen molar-refractivity contribution in [1.29, 1.82) is 0 Å². The van der Waals surface area contributed by atoms with Crippen LogP contribution in [0.15, 0.2) is 18.2 Å². The fourth-order valence-corrected chi connectivity index (χ4v) is 1.76. The molecule has 1 aromatic carbocycles. The Morgan fingerprint density at radius 2 is 2.10 bits per heavy atom. The predicted molar refractivity (Wildman–Crippen MR) is 81.9 cm³/mol. The zero-order valence-electron chi connectivity index (χ0n) is 12.7. The summed E-state index contributed by atoms with van der Waals surface area (Å²) in [5.74, 6) is 3.64. The second-order valence-corrected chi connectivity index (χ2v) is 5.24. The molecule has 3 heteroatoms. The number of ether oxygens (including phenoxy) is 1. The number of carbonyl (C=O) groups excluding carboxylic acids is 1. The summed E-state index contributed by atoms with van der Waals surface area (Å²) in [6.07, 6.45) is 6.69. The van der Waals surface area contributed by atoms with Crippen LogP contribution in [0.3, 0.4) is 0 Å². The van der Waals surface area contributed by atoms with Crippen molar-refractivity contribution in [3.8, 4) is 18.1 Å². The first-order valence-electron chi connectivity index (χ1n) is 6.90. The largest absolute Gasteiger partial charge is 0.496 e. The van der Waals surface area contributed by atoms with Crippen LogP contribution in [-0.4, -0.2) is 19.1 Å². The predicted octanol–water partition coefficient (Wildman–Crippen LogP) is 3.04. The molecule has 0 saturated heterocycles. The summed E-state index contributed by atoms with van der Waals surface area (Å²) in [6, 6.07) is 5.63. The van der Waals surface area contributed by atoms with Gasteiger partial charge < -0.3 is 10.1 Å². The Labute approximate surface area is 121 Å². The van der Waals surface area contributed by atoms with Gasteiger partial charge in [-0.05, 0) is 37.0 Å². The number of methoxy groups -OCH3 is 1. The summed E-state index contributed by atoms with van der Waals surface area (Å²) in [5.41, 5.74) is 1.64. The van der Waals surface area contributed by atoms with Gasteiger partial charge in [0, 0.05) is 18.0 Å². The lowest BCUT2D eigenvalue weighted by atomic mass is 10.0. The third kappa shape index (κ3) is 4.31. The van der Waals surface area contributed by atoms with Crippen molar-refractivity contribution in [2.45, 2.75) is 39.7 Å². The highest BCUT2D eigenvalue weighted by molar-refractivity contribution is 5.94. The van der Waals surface area contributed by atoms with E-state index in [0.29, 0.717) is 23.7 Å². The molecule has 1 rings (SSSR count). The molecule has 1 aromatic rings. The Kier molecular flexibility index (Phi) is 6.11. The SMILES string of the molecule is C#CCCc1ccc(C(=O)NC(C)C(C)C)cc1OC. The third-order valence-electron chi connectivity index (χ3n) is 3.45. The number of benzene rings is 1. The summed E-state index contributed by atoms with van der Waals surface area (Å²) in [6.45, 7) is 6.16. The van der Waals surface area contributed by atoms with Crippen LogP contribution >= 0.6 is 0 Å². The van der Waals surface area contributed by atoms with Gasteiger partial charge in [-0.1, -0.05) is 19.9 Å². The molecule has 0 radical (unpaired) electrons. The zero-order valence-corrected chi connectivity index (χ0v) is 12.7. The van der Waals surface area contributed by atoms with Crippen molar-refractivity contribution < 1.29 is 9.53 Å². The van der Waals surface area contributed by atoms with Crippen molar-refractivity contribution in [3.63, 3.8) is 0 Å². The number of amides is 1.